The van der Waals surface area contributed by atoms with Crippen molar-refractivity contribution < 1.29 is 9.90 Å². The molecular weight excluding hydrogens is 240 g/mol. The number of nitrogens with one attached hydrogen (secondary N) is 2. The number of thioether (sulfide) groups is 1. The lowest BCUT2D eigenvalue weighted by molar-refractivity contribution is 0.193. The highest BCUT2D eigenvalue weighted by molar-refractivity contribution is 7.98. The normalized spacial score (nSPS) is 11.9. The van der Waals surface area contributed by atoms with Gasteiger partial charge in [0.05, 0.1) is 0 Å². The first kappa shape index (κ1) is 13.6. The molecule has 1 atom stereocenters. The summed E-state index contributed by atoms with van der Waals surface area (Å²) in [5, 5.41) is 13.8. The quantitative estimate of drug-likeness (QED) is 0.669. The van der Waals surface area contributed by atoms with Crippen LogP contribution in [-0.2, 0) is 0 Å². The highest BCUT2D eigenvalue weighted by atomic mass is 32.2. The Kier molecular flexibility index (Phi) is 5.55. The van der Waals surface area contributed by atoms with Crippen LogP contribution in [0.25, 0.3) is 0 Å². The van der Waals surface area contributed by atoms with Crippen LogP contribution in [0, 0.1) is 5.92 Å². The Morgan fingerprint density at radius 2 is 2.12 bits per heavy atom. The van der Waals surface area contributed by atoms with Crippen LogP contribution >= 0.6 is 11.8 Å². The van der Waals surface area contributed by atoms with Gasteiger partial charge in [-0.1, -0.05) is 6.92 Å². The topological polar surface area (TPSA) is 87.1 Å². The van der Waals surface area contributed by atoms with Crippen LogP contribution in [0.4, 0.5) is 10.7 Å². The van der Waals surface area contributed by atoms with Crippen molar-refractivity contribution in [3.63, 3.8) is 0 Å². The van der Waals surface area contributed by atoms with Crippen LogP contribution in [0.2, 0.25) is 0 Å². The van der Waals surface area contributed by atoms with Crippen LogP contribution in [0.1, 0.15) is 6.92 Å². The van der Waals surface area contributed by atoms with E-state index in [0.29, 0.717) is 19.0 Å². The number of hydrogen-bond donors (Lipinski definition) is 3. The van der Waals surface area contributed by atoms with E-state index in [-0.39, 0.29) is 5.92 Å². The number of amides is 1. The molecule has 0 aromatic carbocycles. The Balaban J connectivity index is 2.31. The van der Waals surface area contributed by atoms with E-state index in [1.807, 2.05) is 13.2 Å². The average Bonchev–Trinajstić information content (AvgIpc) is 2.34. The van der Waals surface area contributed by atoms with E-state index in [1.54, 1.807) is 24.2 Å². The van der Waals surface area contributed by atoms with E-state index in [1.165, 1.54) is 0 Å². The average molecular weight is 256 g/mol. The van der Waals surface area contributed by atoms with Gasteiger partial charge in [0, 0.05) is 30.4 Å². The molecule has 0 radical (unpaired) electrons. The molecule has 1 heterocycles. The summed E-state index contributed by atoms with van der Waals surface area (Å²) in [4.78, 5) is 19.6. The molecule has 0 fully saturated rings. The fourth-order valence-electron chi connectivity index (χ4n) is 1.11. The zero-order valence-electron chi connectivity index (χ0n) is 9.80. The number of carbonyl (C=O) groups is 1. The summed E-state index contributed by atoms with van der Waals surface area (Å²) in [5.41, 5.74) is 0. The summed E-state index contributed by atoms with van der Waals surface area (Å²) in [6, 6.07) is 0. The van der Waals surface area contributed by atoms with Gasteiger partial charge in [-0.05, 0) is 12.2 Å². The smallest absolute Gasteiger partial charge is 0.404 e. The van der Waals surface area contributed by atoms with Gasteiger partial charge in [0.25, 0.3) is 0 Å². The molecule has 1 amide bonds. The second-order valence-corrected chi connectivity index (χ2v) is 4.50. The van der Waals surface area contributed by atoms with E-state index in [2.05, 4.69) is 20.6 Å². The molecule has 6 nitrogen and oxygen atoms in total. The Bertz CT molecular complexity index is 358. The van der Waals surface area contributed by atoms with Gasteiger partial charge in [0.15, 0.2) is 0 Å². The molecule has 0 spiro atoms. The minimum atomic E-state index is -1.00. The molecule has 17 heavy (non-hydrogen) atoms. The van der Waals surface area contributed by atoms with Crippen molar-refractivity contribution in [2.45, 2.75) is 11.8 Å². The van der Waals surface area contributed by atoms with E-state index < -0.39 is 6.09 Å². The molecule has 0 aliphatic carbocycles. The summed E-state index contributed by atoms with van der Waals surface area (Å²) >= 11 is 1.59. The van der Waals surface area contributed by atoms with Crippen molar-refractivity contribution in [3.05, 3.63) is 12.4 Å². The van der Waals surface area contributed by atoms with Gasteiger partial charge in [-0.2, -0.15) is 0 Å². The Morgan fingerprint density at radius 3 is 2.65 bits per heavy atom. The number of carboxylic acid groups (broad SMARTS) is 1. The van der Waals surface area contributed by atoms with Gasteiger partial charge >= 0.3 is 6.09 Å². The maximum atomic E-state index is 10.3. The Morgan fingerprint density at radius 1 is 1.47 bits per heavy atom. The zero-order valence-corrected chi connectivity index (χ0v) is 10.6. The van der Waals surface area contributed by atoms with Crippen molar-refractivity contribution in [1.29, 1.82) is 0 Å². The lowest BCUT2D eigenvalue weighted by atomic mass is 10.2. The predicted molar refractivity (Wildman–Crippen MR) is 67.5 cm³/mol. The summed E-state index contributed by atoms with van der Waals surface area (Å²) in [5.74, 6) is 0.736. The number of aromatic nitrogens is 2. The third-order valence-electron chi connectivity index (χ3n) is 2.07. The largest absolute Gasteiger partial charge is 0.465 e. The third kappa shape index (κ3) is 5.39. The second kappa shape index (κ2) is 6.95. The number of nitrogens with zero attached hydrogens (tertiary/aromatic N) is 2. The minimum Gasteiger partial charge on any atom is -0.465 e. The molecule has 0 saturated carbocycles. The van der Waals surface area contributed by atoms with Crippen LogP contribution in [-0.4, -0.2) is 40.5 Å². The second-order valence-electron chi connectivity index (χ2n) is 3.62. The van der Waals surface area contributed by atoms with Gasteiger partial charge in [0.2, 0.25) is 5.95 Å². The molecule has 1 aromatic rings. The standard InChI is InChI=1S/C10H16N4O2S/c1-7(4-14-10(15)16)3-11-9-12-5-8(17-2)6-13-9/h5-7,14H,3-4H2,1-2H3,(H,15,16)(H,11,12,13)/t7-/m1/s1. The van der Waals surface area contributed by atoms with Crippen molar-refractivity contribution in [1.82, 2.24) is 15.3 Å². The van der Waals surface area contributed by atoms with Crippen molar-refractivity contribution in [2.75, 3.05) is 24.7 Å². The van der Waals surface area contributed by atoms with Gasteiger partial charge < -0.3 is 15.7 Å². The molecule has 7 heteroatoms. The maximum Gasteiger partial charge on any atom is 0.404 e. The van der Waals surface area contributed by atoms with Gasteiger partial charge in [-0.25, -0.2) is 14.8 Å². The first-order valence-electron chi connectivity index (χ1n) is 5.18. The van der Waals surface area contributed by atoms with Crippen molar-refractivity contribution >= 4 is 23.8 Å². The number of anilines is 1. The summed E-state index contributed by atoms with van der Waals surface area (Å²) < 4.78 is 0. The number of rotatable bonds is 6. The lowest BCUT2D eigenvalue weighted by Crippen LogP contribution is -2.29. The van der Waals surface area contributed by atoms with Gasteiger partial charge in [0.1, 0.15) is 0 Å². The van der Waals surface area contributed by atoms with Crippen LogP contribution in [0.5, 0.6) is 0 Å². The fourth-order valence-corrected chi connectivity index (χ4v) is 1.43. The molecule has 1 rings (SSSR count). The molecule has 0 aliphatic rings. The van der Waals surface area contributed by atoms with Crippen LogP contribution in [0.15, 0.2) is 17.3 Å². The molecule has 3 N–H and O–H groups in total. The molecule has 0 saturated heterocycles. The molecule has 1 aromatic heterocycles. The van der Waals surface area contributed by atoms with Crippen LogP contribution in [0.3, 0.4) is 0 Å². The molecule has 0 aliphatic heterocycles. The Hall–Kier alpha value is -1.50. The highest BCUT2D eigenvalue weighted by Crippen LogP contribution is 2.11. The van der Waals surface area contributed by atoms with E-state index in [4.69, 9.17) is 5.11 Å². The van der Waals surface area contributed by atoms with E-state index in [9.17, 15) is 4.79 Å². The third-order valence-corrected chi connectivity index (χ3v) is 2.76. The summed E-state index contributed by atoms with van der Waals surface area (Å²) in [7, 11) is 0. The predicted octanol–water partition coefficient (Wildman–Crippen LogP) is 1.51. The minimum absolute atomic E-state index is 0.176. The first-order chi connectivity index (χ1) is 8.11. The summed E-state index contributed by atoms with van der Waals surface area (Å²) in [6.07, 6.45) is 4.46. The molecular formula is C10H16N4O2S. The lowest BCUT2D eigenvalue weighted by Gasteiger charge is -2.12. The first-order valence-corrected chi connectivity index (χ1v) is 6.41. The van der Waals surface area contributed by atoms with Gasteiger partial charge in [-0.15, -0.1) is 11.8 Å². The molecule has 0 bridgehead atoms. The highest BCUT2D eigenvalue weighted by Gasteiger charge is 2.04. The van der Waals surface area contributed by atoms with Crippen molar-refractivity contribution in [2.24, 2.45) is 5.92 Å². The van der Waals surface area contributed by atoms with E-state index >= 15 is 0 Å². The maximum absolute atomic E-state index is 10.3. The monoisotopic (exact) mass is 256 g/mol. The van der Waals surface area contributed by atoms with Gasteiger partial charge in [-0.3, -0.25) is 0 Å². The molecule has 94 valence electrons. The molecule has 0 unspecified atom stereocenters. The SMILES string of the molecule is CSc1cnc(NC[C@@H](C)CNC(=O)O)nc1. The van der Waals surface area contributed by atoms with Crippen molar-refractivity contribution in [3.8, 4) is 0 Å². The number of hydrogen-bond acceptors (Lipinski definition) is 5. The zero-order chi connectivity index (χ0) is 12.7. The summed E-state index contributed by atoms with van der Waals surface area (Å²) in [6.45, 7) is 2.98. The van der Waals surface area contributed by atoms with E-state index in [0.717, 1.165) is 4.90 Å². The Labute approximate surface area is 104 Å². The fraction of sp³-hybridized carbons (Fsp3) is 0.500. The van der Waals surface area contributed by atoms with Crippen LogP contribution < -0.4 is 10.6 Å².